The van der Waals surface area contributed by atoms with Crippen LogP contribution in [0, 0.1) is 0 Å². The molecule has 0 saturated carbocycles. The molecule has 10 nitrogen and oxygen atoms in total. The second-order valence-corrected chi connectivity index (χ2v) is 60.7. The van der Waals surface area contributed by atoms with Crippen LogP contribution in [-0.4, -0.2) is 93.7 Å². The lowest BCUT2D eigenvalue weighted by Crippen LogP contribution is -2.63. The first-order chi connectivity index (χ1) is 21.3. The lowest BCUT2D eigenvalue weighted by atomic mass is 11.0. The summed E-state index contributed by atoms with van der Waals surface area (Å²) in [5, 5.41) is 0. The minimum absolute atomic E-state index is 0. The van der Waals surface area contributed by atoms with Gasteiger partial charge >= 0.3 is 77.0 Å². The Bertz CT molecular complexity index is 971. The quantitative estimate of drug-likeness (QED) is 0.0870. The third-order valence-corrected chi connectivity index (χ3v) is 50.9. The van der Waals surface area contributed by atoms with E-state index in [2.05, 4.69) is 159 Å². The lowest BCUT2D eigenvalue weighted by molar-refractivity contribution is 0.248. The van der Waals surface area contributed by atoms with Gasteiger partial charge in [0, 0.05) is 0 Å². The largest absolute Gasteiger partial charge is 0.437 e. The van der Waals surface area contributed by atoms with Gasteiger partial charge in [-0.05, 0) is 155 Å². The van der Waals surface area contributed by atoms with E-state index in [9.17, 15) is 0 Å². The first kappa shape index (κ1) is 87.8. The highest BCUT2D eigenvalue weighted by atomic mass is 28.5. The molecule has 376 valence electrons. The van der Waals surface area contributed by atoms with E-state index in [0.29, 0.717) is 0 Å². The monoisotopic (exact) mass is 1040 g/mol. The van der Waals surface area contributed by atoms with Crippen molar-refractivity contribution in [3.8, 4) is 0 Å². The molecule has 0 bridgehead atoms. The van der Waals surface area contributed by atoms with E-state index in [-0.39, 0.29) is 74.3 Å². The molecule has 0 aliphatic heterocycles. The van der Waals surface area contributed by atoms with Gasteiger partial charge in [0.1, 0.15) is 0 Å². The fraction of sp³-hybridized carbons (Fsp3) is 1.00. The van der Waals surface area contributed by atoms with Crippen LogP contribution < -0.4 is 0 Å². The van der Waals surface area contributed by atoms with Crippen LogP contribution in [0.15, 0.2) is 0 Å². The lowest BCUT2D eigenvalue weighted by Gasteiger charge is -2.46. The molecular formula is C38H120O10Si11. The molecule has 21 heteroatoms. The Morgan fingerprint density at radius 3 is 0.390 bits per heavy atom. The summed E-state index contributed by atoms with van der Waals surface area (Å²) in [5.74, 6) is 0. The Balaban J connectivity index is -0.000000256. The van der Waals surface area contributed by atoms with Crippen LogP contribution in [-0.2, 0) is 41.2 Å². The maximum absolute atomic E-state index is 7.03. The zero-order chi connectivity index (χ0) is 39.4. The van der Waals surface area contributed by atoms with Crippen LogP contribution in [0.4, 0.5) is 0 Å². The average molecular weight is 1050 g/mol. The molecule has 0 aromatic heterocycles. The summed E-state index contributed by atoms with van der Waals surface area (Å²) in [6, 6.07) is 3.20. The van der Waals surface area contributed by atoms with Crippen LogP contribution in [0.5, 0.6) is 0 Å². The molecule has 0 amide bonds. The molecule has 4 atom stereocenters. The average Bonchev–Trinajstić information content (AvgIpc) is 2.77. The molecule has 0 spiro atoms. The van der Waals surface area contributed by atoms with E-state index in [0.717, 1.165) is 24.2 Å². The zero-order valence-electron chi connectivity index (χ0n) is 36.4. The van der Waals surface area contributed by atoms with Gasteiger partial charge in [-0.15, -0.1) is 0 Å². The van der Waals surface area contributed by atoms with Crippen LogP contribution >= 0.6 is 0 Å². The van der Waals surface area contributed by atoms with Crippen molar-refractivity contribution in [1.82, 2.24) is 0 Å². The molecule has 0 N–H and O–H groups in total. The predicted molar refractivity (Wildman–Crippen MR) is 301 cm³/mol. The maximum atomic E-state index is 7.03. The van der Waals surface area contributed by atoms with E-state index >= 15 is 0 Å². The van der Waals surface area contributed by atoms with Crippen molar-refractivity contribution >= 4 is 93.7 Å². The van der Waals surface area contributed by atoms with Crippen molar-refractivity contribution in [3.63, 3.8) is 0 Å². The molecule has 59 heavy (non-hydrogen) atoms. The fourth-order valence-corrected chi connectivity index (χ4v) is 61.0. The standard InChI is InChI=1S/C28H80O10Si11.10CH4/c1-25-46(21,31-41(11,12)29-39(5,6)7)33-43(15,16)35-48(23,27-3)37-45(19,20)38-49(24,28-4)36-44(17,18)34-47(22,26-2)32-42(13,14)30-40(8,9)10;;;;;;;;;;/h25-28H2,1-24H3;10*1H4. The number of hydrogen-bond donors (Lipinski definition) is 0. The molecule has 0 fully saturated rings. The Hall–Kier alpha value is 1.99. The van der Waals surface area contributed by atoms with Crippen molar-refractivity contribution in [1.29, 1.82) is 0 Å². The Morgan fingerprint density at radius 2 is 0.305 bits per heavy atom. The van der Waals surface area contributed by atoms with Crippen molar-refractivity contribution in [2.45, 2.75) is 257 Å². The molecular weight excluding hydrogens is 925 g/mol. The summed E-state index contributed by atoms with van der Waals surface area (Å²) in [6.07, 6.45) is 0. The fourth-order valence-electron chi connectivity index (χ4n) is 6.40. The highest BCUT2D eigenvalue weighted by molar-refractivity contribution is 6.94. The summed E-state index contributed by atoms with van der Waals surface area (Å²) < 4.78 is 68.6. The van der Waals surface area contributed by atoms with Gasteiger partial charge in [0.2, 0.25) is 0 Å². The summed E-state index contributed by atoms with van der Waals surface area (Å²) in [5.41, 5.74) is 0. The summed E-state index contributed by atoms with van der Waals surface area (Å²) in [4.78, 5) is 0. The van der Waals surface area contributed by atoms with Crippen molar-refractivity contribution in [2.75, 3.05) is 0 Å². The second-order valence-electron chi connectivity index (χ2n) is 18.2. The molecule has 0 heterocycles. The normalized spacial score (nSPS) is 16.3. The maximum Gasteiger partial charge on any atom is 0.317 e. The van der Waals surface area contributed by atoms with Gasteiger partial charge in [-0.3, -0.25) is 0 Å². The van der Waals surface area contributed by atoms with E-state index in [1.807, 2.05) is 0 Å². The van der Waals surface area contributed by atoms with E-state index in [1.54, 1.807) is 0 Å². The number of rotatable bonds is 24. The third kappa shape index (κ3) is 36.8. The second kappa shape index (κ2) is 31.1. The highest BCUT2D eigenvalue weighted by Gasteiger charge is 2.53. The molecule has 0 rings (SSSR count). The van der Waals surface area contributed by atoms with E-state index in [1.165, 1.54) is 0 Å². The Labute approximate surface area is 389 Å². The highest BCUT2D eigenvalue weighted by Crippen LogP contribution is 2.34. The molecule has 0 saturated heterocycles. The van der Waals surface area contributed by atoms with Crippen LogP contribution in [0.1, 0.15) is 102 Å². The van der Waals surface area contributed by atoms with Crippen LogP contribution in [0.2, 0.25) is 155 Å². The smallest absolute Gasteiger partial charge is 0.317 e. The Kier molecular flexibility index (Phi) is 46.2. The topological polar surface area (TPSA) is 92.3 Å². The van der Waals surface area contributed by atoms with Crippen molar-refractivity contribution in [2.24, 2.45) is 0 Å². The van der Waals surface area contributed by atoms with Gasteiger partial charge in [0.15, 0.2) is 16.6 Å². The van der Waals surface area contributed by atoms with Gasteiger partial charge in [-0.25, -0.2) is 0 Å². The summed E-state index contributed by atoms with van der Waals surface area (Å²) >= 11 is 0. The van der Waals surface area contributed by atoms with Gasteiger partial charge in [-0.2, -0.15) is 0 Å². The summed E-state index contributed by atoms with van der Waals surface area (Å²) in [6.45, 7) is 51.8. The van der Waals surface area contributed by atoms with Crippen LogP contribution in [0.25, 0.3) is 0 Å². The predicted octanol–water partition coefficient (Wildman–Crippen LogP) is 17.1. The van der Waals surface area contributed by atoms with Gasteiger partial charge in [-0.1, -0.05) is 102 Å². The van der Waals surface area contributed by atoms with Gasteiger partial charge in [0.25, 0.3) is 0 Å². The van der Waals surface area contributed by atoms with Gasteiger partial charge < -0.3 is 41.2 Å². The molecule has 0 aliphatic rings. The van der Waals surface area contributed by atoms with E-state index in [4.69, 9.17) is 41.2 Å². The molecule has 4 unspecified atom stereocenters. The van der Waals surface area contributed by atoms with Crippen LogP contribution in [0.3, 0.4) is 0 Å². The number of hydrogen-bond acceptors (Lipinski definition) is 10. The van der Waals surface area contributed by atoms with E-state index < -0.39 is 93.7 Å². The van der Waals surface area contributed by atoms with Gasteiger partial charge in [0.05, 0.1) is 0 Å². The minimum atomic E-state index is -2.73. The first-order valence-corrected chi connectivity index (χ1v) is 49.3. The SMILES string of the molecule is C.C.C.C.C.C.C.C.C.C.CC[Si](C)(O[Si](C)(C)O[Si](C)(C)C)O[Si](C)(C)O[Si](C)(CC)O[Si](C)(C)O[Si](C)(CC)O[Si](C)(C)O[Si](C)(CC)O[Si](C)(C)O[Si](C)(C)C. The Morgan fingerprint density at radius 1 is 0.203 bits per heavy atom. The minimum Gasteiger partial charge on any atom is -0.437 e. The van der Waals surface area contributed by atoms with Crippen molar-refractivity contribution in [3.05, 3.63) is 0 Å². The molecule has 0 aliphatic carbocycles. The zero-order valence-corrected chi connectivity index (χ0v) is 47.4. The van der Waals surface area contributed by atoms with Crippen molar-refractivity contribution < 1.29 is 41.2 Å². The molecule has 0 aromatic carbocycles. The summed E-state index contributed by atoms with van der Waals surface area (Å²) in [7, 11) is -26.9. The third-order valence-electron chi connectivity index (χ3n) is 7.37. The molecule has 0 aromatic rings. The first-order valence-electron chi connectivity index (χ1n) is 18.3. The molecule has 0 radical (unpaired) electrons.